The summed E-state index contributed by atoms with van der Waals surface area (Å²) in [5.41, 5.74) is 1.77. The van der Waals surface area contributed by atoms with Crippen molar-refractivity contribution in [2.24, 2.45) is 0 Å². The van der Waals surface area contributed by atoms with Gasteiger partial charge >= 0.3 is 0 Å². The van der Waals surface area contributed by atoms with Crippen LogP contribution in [0.4, 0.5) is 4.39 Å². The summed E-state index contributed by atoms with van der Waals surface area (Å²) >= 11 is 12.4. The Morgan fingerprint density at radius 2 is 1.62 bits per heavy atom. The smallest absolute Gasteiger partial charge is 0.243 e. The molecule has 1 atom stereocenters. The van der Waals surface area contributed by atoms with Gasteiger partial charge in [0.1, 0.15) is 11.9 Å². The summed E-state index contributed by atoms with van der Waals surface area (Å²) in [5.74, 6) is -1.25. The third-order valence-electron chi connectivity index (χ3n) is 5.33. The number of benzene rings is 3. The topological polar surface area (TPSA) is 49.4 Å². The molecule has 34 heavy (non-hydrogen) atoms. The number of halogens is 3. The van der Waals surface area contributed by atoms with Crippen molar-refractivity contribution in [2.45, 2.75) is 45.3 Å². The number of hydrogen-bond donors (Lipinski definition) is 1. The molecule has 0 aromatic heterocycles. The van der Waals surface area contributed by atoms with Crippen LogP contribution in [0.5, 0.6) is 0 Å². The minimum absolute atomic E-state index is 0.105. The van der Waals surface area contributed by atoms with Gasteiger partial charge in [0.2, 0.25) is 11.8 Å². The Balaban J connectivity index is 2.01. The summed E-state index contributed by atoms with van der Waals surface area (Å²) in [7, 11) is 0. The van der Waals surface area contributed by atoms with Gasteiger partial charge < -0.3 is 10.2 Å². The molecule has 0 saturated carbocycles. The molecule has 0 bridgehead atoms. The van der Waals surface area contributed by atoms with Crippen molar-refractivity contribution < 1.29 is 14.0 Å². The third-order valence-corrected chi connectivity index (χ3v) is 5.92. The maximum atomic E-state index is 14.5. The zero-order chi connectivity index (χ0) is 24.7. The van der Waals surface area contributed by atoms with E-state index in [1.165, 1.54) is 17.0 Å². The fourth-order valence-electron chi connectivity index (χ4n) is 3.72. The summed E-state index contributed by atoms with van der Waals surface area (Å²) in [4.78, 5) is 28.4. The maximum Gasteiger partial charge on any atom is 0.243 e. The van der Waals surface area contributed by atoms with E-state index in [1.54, 1.807) is 24.3 Å². The van der Waals surface area contributed by atoms with E-state index in [-0.39, 0.29) is 35.5 Å². The number of nitrogens with zero attached hydrogens (tertiary/aromatic N) is 1. The van der Waals surface area contributed by atoms with E-state index in [4.69, 9.17) is 23.2 Å². The van der Waals surface area contributed by atoms with Gasteiger partial charge in [0.15, 0.2) is 0 Å². The second-order valence-electron chi connectivity index (χ2n) is 8.40. The first-order chi connectivity index (χ1) is 16.2. The van der Waals surface area contributed by atoms with E-state index < -0.39 is 17.8 Å². The molecule has 0 heterocycles. The number of nitrogens with one attached hydrogen (secondary N) is 1. The number of carbonyl (C=O) groups excluding carboxylic acids is 2. The van der Waals surface area contributed by atoms with Gasteiger partial charge in [0.05, 0.1) is 6.42 Å². The highest BCUT2D eigenvalue weighted by Crippen LogP contribution is 2.23. The number of hydrogen-bond acceptors (Lipinski definition) is 2. The first-order valence-corrected chi connectivity index (χ1v) is 11.8. The van der Waals surface area contributed by atoms with Gasteiger partial charge in [0.25, 0.3) is 0 Å². The molecule has 178 valence electrons. The highest BCUT2D eigenvalue weighted by Gasteiger charge is 2.31. The molecule has 2 amide bonds. The fourth-order valence-corrected chi connectivity index (χ4v) is 4.16. The van der Waals surface area contributed by atoms with Crippen LogP contribution in [-0.2, 0) is 29.0 Å². The minimum Gasteiger partial charge on any atom is -0.352 e. The minimum atomic E-state index is -0.818. The van der Waals surface area contributed by atoms with Crippen molar-refractivity contribution in [3.63, 3.8) is 0 Å². The number of carbonyl (C=O) groups is 2. The third kappa shape index (κ3) is 7.05. The molecule has 0 fully saturated rings. The second kappa shape index (κ2) is 12.0. The summed E-state index contributed by atoms with van der Waals surface area (Å²) in [5, 5.41) is 3.61. The Morgan fingerprint density at radius 1 is 0.941 bits per heavy atom. The molecular weight excluding hydrogens is 474 g/mol. The van der Waals surface area contributed by atoms with Crippen molar-refractivity contribution in [3.8, 4) is 0 Å². The van der Waals surface area contributed by atoms with Crippen LogP contribution >= 0.6 is 23.2 Å². The predicted molar refractivity (Wildman–Crippen MR) is 134 cm³/mol. The van der Waals surface area contributed by atoms with Crippen molar-refractivity contribution in [2.75, 3.05) is 0 Å². The Morgan fingerprint density at radius 3 is 2.26 bits per heavy atom. The first-order valence-electron chi connectivity index (χ1n) is 11.1. The lowest BCUT2D eigenvalue weighted by atomic mass is 10.0. The largest absolute Gasteiger partial charge is 0.352 e. The van der Waals surface area contributed by atoms with Crippen molar-refractivity contribution in [1.29, 1.82) is 0 Å². The zero-order valence-corrected chi connectivity index (χ0v) is 20.6. The van der Waals surface area contributed by atoms with Gasteiger partial charge in [-0.3, -0.25) is 9.59 Å². The molecule has 3 rings (SSSR count). The Hall–Kier alpha value is -2.89. The van der Waals surface area contributed by atoms with Crippen LogP contribution in [0.1, 0.15) is 30.5 Å². The van der Waals surface area contributed by atoms with Crippen molar-refractivity contribution in [1.82, 2.24) is 10.2 Å². The summed E-state index contributed by atoms with van der Waals surface area (Å²) < 4.78 is 14.5. The highest BCUT2D eigenvalue weighted by molar-refractivity contribution is 6.31. The van der Waals surface area contributed by atoms with E-state index in [0.717, 1.165) is 11.1 Å². The van der Waals surface area contributed by atoms with Crippen LogP contribution in [0.3, 0.4) is 0 Å². The molecule has 3 aromatic rings. The Kier molecular flexibility index (Phi) is 9.08. The van der Waals surface area contributed by atoms with Gasteiger partial charge in [-0.1, -0.05) is 71.7 Å². The fraction of sp³-hybridized carbons (Fsp3) is 0.259. The Labute approximate surface area is 209 Å². The molecule has 0 aliphatic rings. The first kappa shape index (κ1) is 25.7. The van der Waals surface area contributed by atoms with E-state index in [0.29, 0.717) is 11.4 Å². The van der Waals surface area contributed by atoms with Crippen LogP contribution in [0.2, 0.25) is 10.0 Å². The normalized spacial score (nSPS) is 11.8. The van der Waals surface area contributed by atoms with Gasteiger partial charge in [0, 0.05) is 34.6 Å². The monoisotopic (exact) mass is 500 g/mol. The molecule has 1 N–H and O–H groups in total. The van der Waals surface area contributed by atoms with Gasteiger partial charge in [-0.25, -0.2) is 4.39 Å². The van der Waals surface area contributed by atoms with Gasteiger partial charge in [-0.2, -0.15) is 0 Å². The zero-order valence-electron chi connectivity index (χ0n) is 19.1. The second-order valence-corrected chi connectivity index (χ2v) is 9.24. The molecule has 7 heteroatoms. The van der Waals surface area contributed by atoms with Gasteiger partial charge in [-0.15, -0.1) is 0 Å². The van der Waals surface area contributed by atoms with Crippen molar-refractivity contribution >= 4 is 35.0 Å². The molecule has 0 aliphatic heterocycles. The summed E-state index contributed by atoms with van der Waals surface area (Å²) in [6, 6.07) is 19.9. The van der Waals surface area contributed by atoms with E-state index in [1.807, 2.05) is 50.2 Å². The molecule has 0 spiro atoms. The lowest BCUT2D eigenvalue weighted by molar-refractivity contribution is -0.141. The van der Waals surface area contributed by atoms with Gasteiger partial charge in [-0.05, 0) is 49.2 Å². The predicted octanol–water partition coefficient (Wildman–Crippen LogP) is 5.84. The molecule has 0 aliphatic carbocycles. The summed E-state index contributed by atoms with van der Waals surface area (Å²) in [6.07, 6.45) is 0.0308. The number of amides is 2. The van der Waals surface area contributed by atoms with Crippen LogP contribution in [0.15, 0.2) is 72.8 Å². The molecule has 0 unspecified atom stereocenters. The lowest BCUT2D eigenvalue weighted by Crippen LogP contribution is -2.52. The molecule has 3 aromatic carbocycles. The van der Waals surface area contributed by atoms with Crippen LogP contribution in [-0.4, -0.2) is 28.8 Å². The molecule has 4 nitrogen and oxygen atoms in total. The average molecular weight is 501 g/mol. The van der Waals surface area contributed by atoms with Crippen LogP contribution in [0.25, 0.3) is 0 Å². The van der Waals surface area contributed by atoms with Crippen molar-refractivity contribution in [3.05, 3.63) is 105 Å². The Bertz CT molecular complexity index is 1120. The standard InChI is InChI=1S/C27H27Cl2FN2O2/c1-18(2)31-27(34)25(15-19-8-4-3-5-9-19)32(17-20-10-6-11-21(28)14-20)26(33)16-22-23(29)12-7-13-24(22)30/h3-14,18,25H,15-17H2,1-2H3,(H,31,34)/t25-/m0/s1. The van der Waals surface area contributed by atoms with Crippen LogP contribution < -0.4 is 5.32 Å². The molecule has 0 saturated heterocycles. The molecule has 0 radical (unpaired) electrons. The van der Waals surface area contributed by atoms with E-state index >= 15 is 0 Å². The maximum absolute atomic E-state index is 14.5. The quantitative estimate of drug-likeness (QED) is 0.401. The highest BCUT2D eigenvalue weighted by atomic mass is 35.5. The summed E-state index contributed by atoms with van der Waals surface area (Å²) in [6.45, 7) is 3.86. The van der Waals surface area contributed by atoms with Crippen LogP contribution in [0, 0.1) is 5.82 Å². The lowest BCUT2D eigenvalue weighted by Gasteiger charge is -2.32. The average Bonchev–Trinajstić information content (AvgIpc) is 2.79. The van der Waals surface area contributed by atoms with E-state index in [9.17, 15) is 14.0 Å². The van der Waals surface area contributed by atoms with E-state index in [2.05, 4.69) is 5.32 Å². The SMILES string of the molecule is CC(C)NC(=O)[C@H](Cc1ccccc1)N(Cc1cccc(Cl)c1)C(=O)Cc1c(F)cccc1Cl. The molecular formula is C27H27Cl2FN2O2. The number of rotatable bonds is 9.